The quantitative estimate of drug-likeness (QED) is 0.814. The molecule has 0 aliphatic heterocycles. The Balaban J connectivity index is 2.18. The first kappa shape index (κ1) is 18.3. The van der Waals surface area contributed by atoms with E-state index < -0.39 is 26.8 Å². The van der Waals surface area contributed by atoms with Crippen molar-refractivity contribution >= 4 is 38.8 Å². The zero-order chi connectivity index (χ0) is 18.0. The zero-order valence-corrected chi connectivity index (χ0v) is 13.9. The average molecular weight is 380 g/mol. The lowest BCUT2D eigenvalue weighted by Crippen LogP contribution is -2.15. The second-order valence-electron chi connectivity index (χ2n) is 4.75. The molecule has 0 saturated carbocycles. The molecule has 2 rings (SSSR count). The number of hydrogen-bond donors (Lipinski definition) is 2. The number of pyridine rings is 1. The fourth-order valence-electron chi connectivity index (χ4n) is 1.75. The van der Waals surface area contributed by atoms with E-state index in [9.17, 15) is 21.6 Å². The lowest BCUT2D eigenvalue weighted by Gasteiger charge is -2.12. The van der Waals surface area contributed by atoms with Crippen molar-refractivity contribution in [3.63, 3.8) is 0 Å². The molecule has 10 heteroatoms. The molecule has 1 aromatic carbocycles. The highest BCUT2D eigenvalue weighted by Gasteiger charge is 2.33. The van der Waals surface area contributed by atoms with Crippen LogP contribution in [0.3, 0.4) is 0 Å². The van der Waals surface area contributed by atoms with E-state index in [-0.39, 0.29) is 17.3 Å². The summed E-state index contributed by atoms with van der Waals surface area (Å²) in [6.45, 7) is 1.48. The number of alkyl halides is 3. The van der Waals surface area contributed by atoms with Crippen molar-refractivity contribution in [3.05, 3.63) is 47.1 Å². The van der Waals surface area contributed by atoms with E-state index in [1.165, 1.54) is 31.3 Å². The van der Waals surface area contributed by atoms with Crippen LogP contribution in [0.25, 0.3) is 0 Å². The van der Waals surface area contributed by atoms with Crippen LogP contribution in [0.5, 0.6) is 0 Å². The molecule has 130 valence electrons. The van der Waals surface area contributed by atoms with Crippen molar-refractivity contribution in [1.29, 1.82) is 0 Å². The Hall–Kier alpha value is -2.00. The van der Waals surface area contributed by atoms with Gasteiger partial charge in [-0.2, -0.15) is 13.2 Å². The summed E-state index contributed by atoms with van der Waals surface area (Å²) in [6.07, 6.45) is -3.26. The van der Waals surface area contributed by atoms with Crippen molar-refractivity contribution in [2.45, 2.75) is 13.1 Å². The van der Waals surface area contributed by atoms with Crippen molar-refractivity contribution in [2.75, 3.05) is 15.8 Å². The number of nitrogens with one attached hydrogen (secondary N) is 2. The number of nitrogens with zero attached hydrogens (tertiary/aromatic N) is 1. The third-order valence-electron chi connectivity index (χ3n) is 2.96. The fourth-order valence-corrected chi connectivity index (χ4v) is 2.56. The van der Waals surface area contributed by atoms with Crippen molar-refractivity contribution in [1.82, 2.24) is 4.98 Å². The number of benzene rings is 1. The second-order valence-corrected chi connectivity index (χ2v) is 7.17. The van der Waals surface area contributed by atoms with Gasteiger partial charge >= 0.3 is 6.18 Å². The molecular weight excluding hydrogens is 367 g/mol. The Kier molecular flexibility index (Phi) is 5.24. The van der Waals surface area contributed by atoms with Gasteiger partial charge in [-0.3, -0.25) is 4.72 Å². The van der Waals surface area contributed by atoms with E-state index in [0.29, 0.717) is 5.69 Å². The molecule has 24 heavy (non-hydrogen) atoms. The smallest absolute Gasteiger partial charge is 0.354 e. The van der Waals surface area contributed by atoms with Gasteiger partial charge in [0.15, 0.2) is 0 Å². The average Bonchev–Trinajstić information content (AvgIpc) is 2.50. The summed E-state index contributed by atoms with van der Waals surface area (Å²) in [5.41, 5.74) is -0.380. The fraction of sp³-hybridized carbons (Fsp3) is 0.214. The first-order valence-electron chi connectivity index (χ1n) is 6.71. The van der Waals surface area contributed by atoms with Gasteiger partial charge in [0.25, 0.3) is 0 Å². The topological polar surface area (TPSA) is 71.1 Å². The van der Waals surface area contributed by atoms with Gasteiger partial charge in [0.05, 0.1) is 28.2 Å². The number of sulfonamides is 1. The summed E-state index contributed by atoms with van der Waals surface area (Å²) in [5, 5.41) is 2.36. The Morgan fingerprint density at radius 2 is 1.83 bits per heavy atom. The van der Waals surface area contributed by atoms with Crippen molar-refractivity contribution < 1.29 is 21.6 Å². The number of hydrogen-bond acceptors (Lipinski definition) is 4. The van der Waals surface area contributed by atoms with Crippen LogP contribution < -0.4 is 10.0 Å². The molecule has 1 aromatic heterocycles. The van der Waals surface area contributed by atoms with E-state index in [4.69, 9.17) is 11.6 Å². The minimum absolute atomic E-state index is 0.0975. The summed E-state index contributed by atoms with van der Waals surface area (Å²) in [6, 6.07) is 6.31. The van der Waals surface area contributed by atoms with Gasteiger partial charge in [-0.15, -0.1) is 0 Å². The summed E-state index contributed by atoms with van der Waals surface area (Å²) in [5.74, 6) is 0.0224. The lowest BCUT2D eigenvalue weighted by atomic mass is 10.2. The molecule has 0 aliphatic rings. The number of anilines is 3. The maximum absolute atomic E-state index is 12.8. The molecule has 1 heterocycles. The molecule has 0 unspecified atom stereocenters. The van der Waals surface area contributed by atoms with Gasteiger partial charge in [0, 0.05) is 5.69 Å². The molecule has 2 aromatic rings. The van der Waals surface area contributed by atoms with E-state index in [0.717, 1.165) is 12.1 Å². The largest absolute Gasteiger partial charge is 0.417 e. The third-order valence-corrected chi connectivity index (χ3v) is 4.57. The van der Waals surface area contributed by atoms with Crippen LogP contribution in [0.15, 0.2) is 36.5 Å². The van der Waals surface area contributed by atoms with E-state index >= 15 is 0 Å². The Morgan fingerprint density at radius 1 is 1.17 bits per heavy atom. The molecule has 0 saturated heterocycles. The van der Waals surface area contributed by atoms with E-state index in [1.54, 1.807) is 0 Å². The van der Waals surface area contributed by atoms with E-state index in [1.807, 2.05) is 0 Å². The minimum Gasteiger partial charge on any atom is -0.354 e. The summed E-state index contributed by atoms with van der Waals surface area (Å²) >= 11 is 5.55. The van der Waals surface area contributed by atoms with Gasteiger partial charge in [-0.1, -0.05) is 11.6 Å². The lowest BCUT2D eigenvalue weighted by molar-refractivity contribution is -0.137. The highest BCUT2D eigenvalue weighted by molar-refractivity contribution is 7.92. The maximum atomic E-state index is 12.8. The minimum atomic E-state index is -4.56. The molecule has 0 amide bonds. The summed E-state index contributed by atoms with van der Waals surface area (Å²) in [7, 11) is -3.44. The van der Waals surface area contributed by atoms with Gasteiger partial charge < -0.3 is 5.32 Å². The molecule has 5 nitrogen and oxygen atoms in total. The second kappa shape index (κ2) is 6.86. The number of aromatic nitrogens is 1. The highest BCUT2D eigenvalue weighted by Crippen LogP contribution is 2.36. The van der Waals surface area contributed by atoms with E-state index in [2.05, 4.69) is 15.0 Å². The molecule has 0 aliphatic carbocycles. The maximum Gasteiger partial charge on any atom is 0.417 e. The van der Waals surface area contributed by atoms with Crippen molar-refractivity contribution in [2.24, 2.45) is 0 Å². The monoisotopic (exact) mass is 379 g/mol. The van der Waals surface area contributed by atoms with Crippen molar-refractivity contribution in [3.8, 4) is 0 Å². The first-order chi connectivity index (χ1) is 11.1. The molecule has 0 fully saturated rings. The summed E-state index contributed by atoms with van der Waals surface area (Å²) < 4.78 is 63.6. The predicted molar refractivity (Wildman–Crippen MR) is 87.1 cm³/mol. The van der Waals surface area contributed by atoms with Gasteiger partial charge in [-0.05, 0) is 37.3 Å². The van der Waals surface area contributed by atoms with Crippen LogP contribution >= 0.6 is 11.6 Å². The Bertz CT molecular complexity index is 824. The predicted octanol–water partition coefficient (Wildman–Crippen LogP) is 4.26. The van der Waals surface area contributed by atoms with Gasteiger partial charge in [-0.25, -0.2) is 13.4 Å². The first-order valence-corrected chi connectivity index (χ1v) is 8.74. The summed E-state index contributed by atoms with van der Waals surface area (Å²) in [4.78, 5) is 3.90. The van der Waals surface area contributed by atoms with Gasteiger partial charge in [0.1, 0.15) is 5.82 Å². The molecule has 0 radical (unpaired) electrons. The van der Waals surface area contributed by atoms with Crippen LogP contribution in [-0.4, -0.2) is 19.2 Å². The molecular formula is C14H13ClF3N3O2S. The number of halogens is 4. The Morgan fingerprint density at radius 3 is 2.38 bits per heavy atom. The SMILES string of the molecule is CCS(=O)(=O)Nc1ccc(Nc2ccc(Cl)c(C(F)(F)F)c2)cn1. The van der Waals surface area contributed by atoms with Crippen LogP contribution in [-0.2, 0) is 16.2 Å². The molecule has 2 N–H and O–H groups in total. The molecule has 0 atom stereocenters. The molecule has 0 bridgehead atoms. The zero-order valence-electron chi connectivity index (χ0n) is 12.4. The standard InChI is InChI=1S/C14H13ClF3N3O2S/c1-2-24(22,23)21-13-6-4-10(8-19-13)20-9-3-5-12(15)11(7-9)14(16,17)18/h3-8,20H,2H2,1H3,(H,19,21). The van der Waals surface area contributed by atoms with Crippen LogP contribution in [0.1, 0.15) is 12.5 Å². The normalized spacial score (nSPS) is 12.0. The molecule has 0 spiro atoms. The van der Waals surface area contributed by atoms with Crippen LogP contribution in [0.4, 0.5) is 30.4 Å². The Labute approximate surface area is 141 Å². The number of rotatable bonds is 5. The van der Waals surface area contributed by atoms with Crippen LogP contribution in [0, 0.1) is 0 Å². The van der Waals surface area contributed by atoms with Gasteiger partial charge in [0.2, 0.25) is 10.0 Å². The highest BCUT2D eigenvalue weighted by atomic mass is 35.5. The van der Waals surface area contributed by atoms with Crippen LogP contribution in [0.2, 0.25) is 5.02 Å². The third kappa shape index (κ3) is 4.75.